The number of fused-ring (bicyclic) bond motifs is 5. The molecule has 1 aromatic rings. The van der Waals surface area contributed by atoms with Crippen LogP contribution in [0.3, 0.4) is 0 Å². The number of Topliss-reactive ketones (excluding diaryl/α,β-unsaturated/α-hetero) is 1. The SMILES string of the molecule is CC(=O)OC[C@@]12C(=O)[C@H]3O[C@H](O)[C@](C[C@H](OC(C)=O)c4ccoc4)([C@@H]3C)[C@H]1CCC[C@]21CO1. The fourth-order valence-corrected chi connectivity index (χ4v) is 7.07. The highest BCUT2D eigenvalue weighted by molar-refractivity contribution is 5.93. The third-order valence-corrected chi connectivity index (χ3v) is 8.62. The van der Waals surface area contributed by atoms with Crippen LogP contribution in [-0.2, 0) is 33.3 Å². The number of rotatable bonds is 6. The van der Waals surface area contributed by atoms with Crippen LogP contribution in [0.2, 0.25) is 0 Å². The smallest absolute Gasteiger partial charge is 0.303 e. The average molecular weight is 462 g/mol. The van der Waals surface area contributed by atoms with Crippen LogP contribution in [0.5, 0.6) is 0 Å². The first-order valence-corrected chi connectivity index (χ1v) is 11.5. The van der Waals surface area contributed by atoms with Crippen LogP contribution in [0.25, 0.3) is 0 Å². The van der Waals surface area contributed by atoms with Crippen LogP contribution in [0.4, 0.5) is 0 Å². The van der Waals surface area contributed by atoms with E-state index in [-0.39, 0.29) is 30.6 Å². The van der Waals surface area contributed by atoms with Crippen LogP contribution >= 0.6 is 0 Å². The summed E-state index contributed by atoms with van der Waals surface area (Å²) >= 11 is 0. The van der Waals surface area contributed by atoms with E-state index in [4.69, 9.17) is 23.4 Å². The topological polar surface area (TPSA) is 125 Å². The predicted molar refractivity (Wildman–Crippen MR) is 110 cm³/mol. The molecule has 9 heteroatoms. The van der Waals surface area contributed by atoms with Gasteiger partial charge in [-0.15, -0.1) is 0 Å². The van der Waals surface area contributed by atoms with E-state index in [1.54, 1.807) is 6.07 Å². The largest absolute Gasteiger partial charge is 0.472 e. The molecule has 9 nitrogen and oxygen atoms in total. The molecule has 0 amide bonds. The van der Waals surface area contributed by atoms with Crippen molar-refractivity contribution in [1.82, 2.24) is 0 Å². The molecule has 4 aliphatic rings. The first kappa shape index (κ1) is 22.6. The number of aliphatic hydroxyl groups is 1. The highest BCUT2D eigenvalue weighted by Gasteiger charge is 2.81. The lowest BCUT2D eigenvalue weighted by molar-refractivity contribution is -0.199. The lowest BCUT2D eigenvalue weighted by atomic mass is 9.43. The summed E-state index contributed by atoms with van der Waals surface area (Å²) in [6.45, 7) is 4.84. The number of carbonyl (C=O) groups excluding carboxylic acids is 3. The zero-order valence-corrected chi connectivity index (χ0v) is 19.1. The van der Waals surface area contributed by atoms with Crippen molar-refractivity contribution in [1.29, 1.82) is 0 Å². The summed E-state index contributed by atoms with van der Waals surface area (Å²) in [5.41, 5.74) is -2.11. The van der Waals surface area contributed by atoms with Gasteiger partial charge in [0.05, 0.1) is 19.1 Å². The van der Waals surface area contributed by atoms with Gasteiger partial charge in [-0.25, -0.2) is 0 Å². The number of hydrogen-bond donors (Lipinski definition) is 1. The summed E-state index contributed by atoms with van der Waals surface area (Å²) in [4.78, 5) is 37.8. The summed E-state index contributed by atoms with van der Waals surface area (Å²) in [5.74, 6) is -1.83. The summed E-state index contributed by atoms with van der Waals surface area (Å²) in [5, 5.41) is 11.4. The highest BCUT2D eigenvalue weighted by atomic mass is 16.6. The lowest BCUT2D eigenvalue weighted by Crippen LogP contribution is -2.68. The van der Waals surface area contributed by atoms with Crippen LogP contribution in [0.15, 0.2) is 23.0 Å². The standard InChI is InChI=1S/C24H30O9/c1-13-19-20(27)24(12-30-14(2)25)18(5-4-7-22(24)11-31-22)23(13,21(28)33-19)9-17(32-15(3)26)16-6-8-29-10-16/h6,8,10,13,17-19,21,28H,4-5,7,9,11-12H2,1-3H3/t13-,17+,18-,19+,21+,22+,23-,24+/m1/s1. The molecule has 2 saturated carbocycles. The second-order valence-corrected chi connectivity index (χ2v) is 10.0. The molecular weight excluding hydrogens is 432 g/mol. The Hall–Kier alpha value is -2.23. The average Bonchev–Trinajstić information content (AvgIpc) is 3.25. The molecule has 5 rings (SSSR count). The van der Waals surface area contributed by atoms with Gasteiger partial charge in [-0.3, -0.25) is 14.4 Å². The van der Waals surface area contributed by atoms with Gasteiger partial charge in [0, 0.05) is 30.7 Å². The Labute approximate surface area is 191 Å². The number of ether oxygens (including phenoxy) is 4. The van der Waals surface area contributed by atoms with E-state index < -0.39 is 46.9 Å². The molecule has 3 heterocycles. The number of esters is 2. The van der Waals surface area contributed by atoms with Crippen molar-refractivity contribution in [2.24, 2.45) is 22.7 Å². The number of furan rings is 1. The molecule has 2 bridgehead atoms. The summed E-state index contributed by atoms with van der Waals surface area (Å²) < 4.78 is 28.3. The van der Waals surface area contributed by atoms with Gasteiger partial charge in [-0.05, 0) is 31.2 Å². The molecule has 2 aliphatic heterocycles. The van der Waals surface area contributed by atoms with Crippen molar-refractivity contribution >= 4 is 17.7 Å². The second-order valence-electron chi connectivity index (χ2n) is 10.0. The zero-order valence-electron chi connectivity index (χ0n) is 19.1. The summed E-state index contributed by atoms with van der Waals surface area (Å²) in [6, 6.07) is 1.72. The van der Waals surface area contributed by atoms with Crippen LogP contribution in [-0.4, -0.2) is 54.0 Å². The van der Waals surface area contributed by atoms with Crippen LogP contribution in [0.1, 0.15) is 58.1 Å². The Morgan fingerprint density at radius 2 is 2.06 bits per heavy atom. The van der Waals surface area contributed by atoms with Crippen molar-refractivity contribution in [3.8, 4) is 0 Å². The van der Waals surface area contributed by atoms with E-state index in [1.165, 1.54) is 26.4 Å². The van der Waals surface area contributed by atoms with Crippen LogP contribution in [0, 0.1) is 22.7 Å². The molecule has 4 fully saturated rings. The fraction of sp³-hybridized carbons (Fsp3) is 0.708. The molecule has 33 heavy (non-hydrogen) atoms. The maximum absolute atomic E-state index is 14.0. The van der Waals surface area contributed by atoms with Gasteiger partial charge < -0.3 is 28.5 Å². The minimum absolute atomic E-state index is 0.114. The van der Waals surface area contributed by atoms with Crippen molar-refractivity contribution in [2.75, 3.05) is 13.2 Å². The van der Waals surface area contributed by atoms with Crippen LogP contribution < -0.4 is 0 Å². The molecule has 1 aromatic heterocycles. The molecule has 0 unspecified atom stereocenters. The van der Waals surface area contributed by atoms with Gasteiger partial charge >= 0.3 is 11.9 Å². The Kier molecular flexibility index (Phi) is 5.23. The first-order valence-electron chi connectivity index (χ1n) is 11.5. The molecule has 0 aromatic carbocycles. The van der Waals surface area contributed by atoms with Crippen molar-refractivity contribution in [3.05, 3.63) is 24.2 Å². The van der Waals surface area contributed by atoms with Crippen molar-refractivity contribution in [2.45, 2.75) is 70.6 Å². The van der Waals surface area contributed by atoms with E-state index in [0.717, 1.165) is 6.42 Å². The number of hydrogen-bond acceptors (Lipinski definition) is 9. The Morgan fingerprint density at radius 3 is 2.67 bits per heavy atom. The van der Waals surface area contributed by atoms with E-state index in [1.807, 2.05) is 6.92 Å². The third-order valence-electron chi connectivity index (χ3n) is 8.62. The normalized spacial score (nSPS) is 42.0. The lowest BCUT2D eigenvalue weighted by Gasteiger charge is -2.58. The molecule has 180 valence electrons. The maximum atomic E-state index is 14.0. The number of epoxide rings is 1. The van der Waals surface area contributed by atoms with Gasteiger partial charge in [0.2, 0.25) is 0 Å². The Bertz CT molecular complexity index is 951. The van der Waals surface area contributed by atoms with E-state index >= 15 is 0 Å². The van der Waals surface area contributed by atoms with Gasteiger partial charge in [0.15, 0.2) is 12.1 Å². The summed E-state index contributed by atoms with van der Waals surface area (Å²) in [7, 11) is 0. The molecule has 1 spiro atoms. The molecule has 2 aliphatic carbocycles. The third kappa shape index (κ3) is 3.05. The minimum atomic E-state index is -1.25. The Morgan fingerprint density at radius 1 is 1.30 bits per heavy atom. The fourth-order valence-electron chi connectivity index (χ4n) is 7.07. The van der Waals surface area contributed by atoms with Crippen molar-refractivity contribution < 1.29 is 42.9 Å². The second kappa shape index (κ2) is 7.65. The zero-order chi connectivity index (χ0) is 23.6. The first-order chi connectivity index (χ1) is 15.7. The summed E-state index contributed by atoms with van der Waals surface area (Å²) in [6.07, 6.45) is 2.56. The maximum Gasteiger partial charge on any atom is 0.303 e. The molecule has 0 radical (unpaired) electrons. The number of ketones is 1. The quantitative estimate of drug-likeness (QED) is 0.501. The van der Waals surface area contributed by atoms with Crippen molar-refractivity contribution in [3.63, 3.8) is 0 Å². The van der Waals surface area contributed by atoms with E-state index in [9.17, 15) is 19.5 Å². The number of aliphatic hydroxyl groups excluding tert-OH is 1. The van der Waals surface area contributed by atoms with Gasteiger partial charge in [-0.1, -0.05) is 13.3 Å². The highest BCUT2D eigenvalue weighted by Crippen LogP contribution is 2.71. The van der Waals surface area contributed by atoms with Gasteiger partial charge in [-0.2, -0.15) is 0 Å². The predicted octanol–water partition coefficient (Wildman–Crippen LogP) is 2.31. The van der Waals surface area contributed by atoms with Gasteiger partial charge in [0.1, 0.15) is 29.8 Å². The Balaban J connectivity index is 1.63. The monoisotopic (exact) mass is 462 g/mol. The molecular formula is C24H30O9. The molecule has 2 saturated heterocycles. The van der Waals surface area contributed by atoms with E-state index in [2.05, 4.69) is 0 Å². The molecule has 1 N–H and O–H groups in total. The minimum Gasteiger partial charge on any atom is -0.472 e. The van der Waals surface area contributed by atoms with Gasteiger partial charge in [0.25, 0.3) is 0 Å². The molecule has 8 atom stereocenters. The van der Waals surface area contributed by atoms with E-state index in [0.29, 0.717) is 25.0 Å². The number of carbonyl (C=O) groups is 3.